The van der Waals surface area contributed by atoms with Gasteiger partial charge in [0.15, 0.2) is 0 Å². The molecule has 17 aromatic carbocycles. The first kappa shape index (κ1) is 86.6. The summed E-state index contributed by atoms with van der Waals surface area (Å²) in [4.78, 5) is 78.5. The topological polar surface area (TPSA) is 330 Å². The van der Waals surface area contributed by atoms with Gasteiger partial charge in [0.05, 0.1) is 72.1 Å². The Balaban J connectivity index is 0.000000102. The van der Waals surface area contributed by atoms with Crippen molar-refractivity contribution in [2.75, 3.05) is 11.5 Å². The molecular formula is C112H84Br3N17O5S2. The van der Waals surface area contributed by atoms with E-state index >= 15 is 0 Å². The van der Waals surface area contributed by atoms with Gasteiger partial charge in [-0.25, -0.2) is 43.0 Å². The largest absolute Gasteiger partial charge is 0.399 e. The summed E-state index contributed by atoms with van der Waals surface area (Å²) in [6.45, 7) is 6.23. The summed E-state index contributed by atoms with van der Waals surface area (Å²) in [7, 11) is -3.82. The fourth-order valence-electron chi connectivity index (χ4n) is 20.6. The van der Waals surface area contributed by atoms with Crippen LogP contribution in [0, 0.1) is 20.8 Å². The molecule has 0 spiro atoms. The number of unbranched alkanes of at least 4 members (excludes halogenated alkanes) is 1. The van der Waals surface area contributed by atoms with E-state index in [1.807, 2.05) is 159 Å². The third kappa shape index (κ3) is 15.1. The van der Waals surface area contributed by atoms with Gasteiger partial charge in [0, 0.05) is 165 Å². The summed E-state index contributed by atoms with van der Waals surface area (Å²) in [5.41, 5.74) is 27.8. The van der Waals surface area contributed by atoms with Crippen molar-refractivity contribution in [2.24, 2.45) is 5.84 Å². The van der Waals surface area contributed by atoms with E-state index in [4.69, 9.17) is 31.5 Å². The highest BCUT2D eigenvalue weighted by Gasteiger charge is 2.43. The number of carbonyl (C=O) groups is 3. The van der Waals surface area contributed by atoms with Crippen molar-refractivity contribution in [1.29, 1.82) is 0 Å². The van der Waals surface area contributed by atoms with Crippen LogP contribution in [0.3, 0.4) is 0 Å². The Morgan fingerprint density at radius 3 is 1.44 bits per heavy atom. The maximum atomic E-state index is 13.7. The number of aromatic amines is 6. The number of imidazole rings is 4. The molecule has 13 N–H and O–H groups in total. The van der Waals surface area contributed by atoms with Gasteiger partial charge < -0.3 is 46.3 Å². The fraction of sp³-hybridized carbons (Fsp3) is 0.0982. The zero-order chi connectivity index (χ0) is 94.5. The Bertz CT molecular complexity index is 9380. The first-order chi connectivity index (χ1) is 67.7. The lowest BCUT2D eigenvalue weighted by Crippen LogP contribution is -2.36. The van der Waals surface area contributed by atoms with Crippen molar-refractivity contribution in [1.82, 2.24) is 74.4 Å². The molecule has 10 heterocycles. The highest BCUT2D eigenvalue weighted by atomic mass is 79.9. The van der Waals surface area contributed by atoms with Gasteiger partial charge in [-0.05, 0) is 168 Å². The van der Waals surface area contributed by atoms with Gasteiger partial charge in [-0.2, -0.15) is 11.8 Å². The van der Waals surface area contributed by atoms with Gasteiger partial charge in [0.25, 0.3) is 15.9 Å². The third-order valence-corrected chi connectivity index (χ3v) is 31.9. The quantitative estimate of drug-likeness (QED) is 0.0103. The first-order valence-electron chi connectivity index (χ1n) is 45.7. The molecule has 27 heteroatoms. The number of hydrogen-bond acceptors (Lipinski definition) is 12. The average molecular weight is 2050 g/mol. The number of nitrogens with two attached hydrogens (primary N) is 2. The first-order valence-corrected chi connectivity index (χ1v) is 50.6. The summed E-state index contributed by atoms with van der Waals surface area (Å²) >= 11 is 12.7. The zero-order valence-corrected chi connectivity index (χ0v) is 81.3. The van der Waals surface area contributed by atoms with Gasteiger partial charge in [-0.1, -0.05) is 253 Å². The Morgan fingerprint density at radius 2 is 0.863 bits per heavy atom. The van der Waals surface area contributed by atoms with Crippen molar-refractivity contribution in [3.05, 3.63) is 333 Å². The van der Waals surface area contributed by atoms with E-state index in [-0.39, 0.29) is 34.8 Å². The Kier molecular flexibility index (Phi) is 21.5. The van der Waals surface area contributed by atoms with Gasteiger partial charge in [0.2, 0.25) is 5.91 Å². The molecule has 0 aliphatic carbocycles. The number of rotatable bonds is 12. The number of urea groups is 1. The van der Waals surface area contributed by atoms with Crippen LogP contribution in [-0.2, 0) is 10.0 Å². The molecule has 680 valence electrons. The number of hydrazine groups is 1. The number of carbonyl (C=O) groups excluding carboxylic acids is 3. The molecule has 27 rings (SSSR count). The van der Waals surface area contributed by atoms with Crippen LogP contribution in [0.4, 0.5) is 10.5 Å². The van der Waals surface area contributed by atoms with Gasteiger partial charge in [-0.15, -0.1) is 0 Å². The normalized spacial score (nSPS) is 14.4. The van der Waals surface area contributed by atoms with Crippen LogP contribution in [0.25, 0.3) is 219 Å². The Hall–Kier alpha value is -15.2. The van der Waals surface area contributed by atoms with Crippen LogP contribution >= 0.6 is 59.6 Å². The second kappa shape index (κ2) is 34.5. The standard InChI is InChI=1S/C33H29BrN6O2S.C30H20BrN3O2S.C25H18BrN3.C24H17N5O/c34-17-9-12-26-22(13-17)24(15-40(26)28(41)8-4-3-7-27-31-25(16-43-27)36-33(42)39-31)32-37-29-21-6-2-1-5-19(21)20-11-10-18(35)14-23(20)30(29)38-32;1-18-10-13-20(14-11-18)37(35,36)34-17-26(25-16-19(31)12-15-27(25)34)30-32-28-23-8-4-2-6-21(23)22-7-3-5-9-24(22)29(28)33-30;1-13-3-6-16-18(9-13)19-10-14(2)4-7-17(19)24-23(16)28-25(29-24)21-12-27-22-8-5-15(26)11-20(21)22;25-29-24(30)13-9-10-16-19(12-26-20(16)11-13)23-27-21-17-7-3-1-5-14(17)15-6-2-4-8-18(15)22(21)28-23/h1-2,5-6,9-15,25,27,31H,3-4,7-8,16,35H2,(H,37,38)(H2,36,39,42);2-17H,1H3,(H,32,33);3-12,27H,1-2H3,(H,28,29);1-12,26H,25H2,(H,27,28)(H,29,30). The number of nitrogens with one attached hydrogen (secondary N) is 9. The zero-order valence-electron chi connectivity index (χ0n) is 74.9. The molecule has 0 bridgehead atoms. The minimum Gasteiger partial charge on any atom is -0.399 e. The molecule has 3 unspecified atom stereocenters. The number of nitrogens with zero attached hydrogens (tertiary/aromatic N) is 6. The number of hydrogen-bond donors (Lipinski definition) is 11. The monoisotopic (exact) mass is 2050 g/mol. The van der Waals surface area contributed by atoms with Crippen molar-refractivity contribution in [3.8, 4) is 45.6 Å². The van der Waals surface area contributed by atoms with E-state index in [1.54, 1.807) is 35.0 Å². The van der Waals surface area contributed by atoms with Crippen LogP contribution < -0.4 is 27.6 Å². The maximum Gasteiger partial charge on any atom is 0.315 e. The number of H-pyrrole nitrogens is 6. The Labute approximate surface area is 822 Å². The van der Waals surface area contributed by atoms with Crippen LogP contribution in [0.5, 0.6) is 0 Å². The van der Waals surface area contributed by atoms with Gasteiger partial charge in [0.1, 0.15) is 23.3 Å². The number of anilines is 1. The van der Waals surface area contributed by atoms with Crippen LogP contribution in [-0.4, -0.2) is 108 Å². The minimum absolute atomic E-state index is 0.0612. The summed E-state index contributed by atoms with van der Waals surface area (Å²) < 4.78 is 33.5. The molecule has 2 fully saturated rings. The summed E-state index contributed by atoms with van der Waals surface area (Å²) in [6, 6.07) is 91.5. The second-order valence-corrected chi connectivity index (χ2v) is 41.7. The third-order valence-electron chi connectivity index (χ3n) is 27.3. The molecule has 0 saturated carbocycles. The van der Waals surface area contributed by atoms with Crippen LogP contribution in [0.15, 0.2) is 316 Å². The average Bonchev–Trinajstić information content (AvgIpc) is 1.58. The number of benzene rings is 17. The van der Waals surface area contributed by atoms with Crippen molar-refractivity contribution < 1.29 is 22.8 Å². The smallest absolute Gasteiger partial charge is 0.315 e. The SMILES string of the molecule is Cc1ccc(S(=O)(=O)n2cc(-c3nc4c5ccccc5c5ccccc5c4[nH]3)c3cc(Br)ccc32)cc1.Cc1ccc2c(c1)c1cc(C)ccc1c1[nH]c(-c3c[nH]c4ccc(Br)cc34)nc21.NNC(=O)c1ccc2c(-c3nc4c5ccccc5c5ccccc5c4[nH]3)c[nH]c2c1.Nc1ccc2c3ccccc3c3[nH]c(-c4cn(C(=O)CCCCC5SCC6NC(=O)NC65)c5ccc(Br)cc45)nc3c2c1. The fourth-order valence-corrected chi connectivity index (χ4v) is 24.6. The lowest BCUT2D eigenvalue weighted by atomic mass is 9.97. The van der Waals surface area contributed by atoms with Gasteiger partial charge >= 0.3 is 6.03 Å². The molecule has 0 radical (unpaired) electrons. The van der Waals surface area contributed by atoms with E-state index in [9.17, 15) is 22.8 Å². The van der Waals surface area contributed by atoms with Crippen molar-refractivity contribution in [2.45, 2.75) is 68.7 Å². The number of fused-ring (bicyclic) bond motifs is 29. The number of nitrogen functional groups attached to an aromatic ring is 2. The minimum atomic E-state index is -3.82. The number of aromatic nitrogens is 12. The van der Waals surface area contributed by atoms with E-state index in [0.29, 0.717) is 40.1 Å². The molecule has 139 heavy (non-hydrogen) atoms. The molecule has 2 aliphatic rings. The molecule has 3 amide bonds. The van der Waals surface area contributed by atoms with E-state index < -0.39 is 10.0 Å². The highest BCUT2D eigenvalue weighted by Crippen LogP contribution is 2.46. The predicted molar refractivity (Wildman–Crippen MR) is 578 cm³/mol. The molecule has 2 aliphatic heterocycles. The number of thioether (sulfide) groups is 1. The Morgan fingerprint density at radius 1 is 0.424 bits per heavy atom. The predicted octanol–water partition coefficient (Wildman–Crippen LogP) is 27.0. The van der Waals surface area contributed by atoms with Crippen LogP contribution in [0.2, 0.25) is 0 Å². The van der Waals surface area contributed by atoms with Crippen molar-refractivity contribution in [3.63, 3.8) is 0 Å². The summed E-state index contributed by atoms with van der Waals surface area (Å²) in [5, 5.41) is 28.6. The summed E-state index contributed by atoms with van der Waals surface area (Å²) in [6.07, 6.45) is 10.7. The molecule has 25 aromatic rings. The maximum absolute atomic E-state index is 13.7. The van der Waals surface area contributed by atoms with Crippen molar-refractivity contribution >= 4 is 267 Å². The lowest BCUT2D eigenvalue weighted by molar-refractivity contribution is 0.0903. The number of halogens is 3. The number of aryl methyl sites for hydroxylation is 3. The van der Waals surface area contributed by atoms with E-state index in [0.717, 1.165) is 214 Å². The highest BCUT2D eigenvalue weighted by molar-refractivity contribution is 9.11. The molecule has 8 aromatic heterocycles. The van der Waals surface area contributed by atoms with Gasteiger partial charge in [-0.3, -0.25) is 19.6 Å². The van der Waals surface area contributed by atoms with E-state index in [2.05, 4.69) is 235 Å². The number of amides is 3. The lowest BCUT2D eigenvalue weighted by Gasteiger charge is -2.16. The molecule has 2 saturated heterocycles. The molecule has 22 nitrogen and oxygen atoms in total. The summed E-state index contributed by atoms with van der Waals surface area (Å²) in [5.74, 6) is 8.95. The van der Waals surface area contributed by atoms with Crippen LogP contribution in [0.1, 0.15) is 57.5 Å². The molecular weight excluding hydrogens is 1970 g/mol. The molecule has 3 atom stereocenters. The second-order valence-electron chi connectivity index (χ2n) is 35.8. The van der Waals surface area contributed by atoms with E-state index in [1.165, 1.54) is 47.4 Å².